The Morgan fingerprint density at radius 2 is 1.86 bits per heavy atom. The van der Waals surface area contributed by atoms with Crippen molar-refractivity contribution in [3.63, 3.8) is 0 Å². The number of nitrogens with zero attached hydrogens (tertiary/aromatic N) is 1. The SMILES string of the molecule is COc1ccc(C(=O)N(C)C2CCCCC2Br)cc1OC. The number of methoxy groups -OCH3 is 2. The molecule has 0 N–H and O–H groups in total. The molecule has 0 heterocycles. The van der Waals surface area contributed by atoms with E-state index in [9.17, 15) is 4.79 Å². The molecule has 2 unspecified atom stereocenters. The molecule has 1 amide bonds. The minimum Gasteiger partial charge on any atom is -0.493 e. The number of alkyl halides is 1. The highest BCUT2D eigenvalue weighted by Crippen LogP contribution is 2.31. The van der Waals surface area contributed by atoms with E-state index in [1.54, 1.807) is 32.4 Å². The summed E-state index contributed by atoms with van der Waals surface area (Å²) in [6.45, 7) is 0. The van der Waals surface area contributed by atoms with Crippen molar-refractivity contribution in [2.45, 2.75) is 36.6 Å². The van der Waals surface area contributed by atoms with Gasteiger partial charge in [-0.1, -0.05) is 28.8 Å². The quantitative estimate of drug-likeness (QED) is 0.776. The van der Waals surface area contributed by atoms with Crippen LogP contribution >= 0.6 is 15.9 Å². The average molecular weight is 356 g/mol. The second kappa shape index (κ2) is 7.16. The molecule has 0 aliphatic heterocycles. The van der Waals surface area contributed by atoms with Gasteiger partial charge >= 0.3 is 0 Å². The van der Waals surface area contributed by atoms with E-state index in [1.807, 2.05) is 11.9 Å². The molecule has 0 aromatic heterocycles. The first-order valence-electron chi connectivity index (χ1n) is 7.21. The predicted molar refractivity (Wildman–Crippen MR) is 86.6 cm³/mol. The number of hydrogen-bond donors (Lipinski definition) is 0. The fourth-order valence-corrected chi connectivity index (χ4v) is 3.77. The molecule has 0 bridgehead atoms. The normalized spacial score (nSPS) is 21.7. The molecular weight excluding hydrogens is 334 g/mol. The van der Waals surface area contributed by atoms with Gasteiger partial charge in [0.05, 0.1) is 14.2 Å². The lowest BCUT2D eigenvalue weighted by molar-refractivity contribution is 0.0704. The summed E-state index contributed by atoms with van der Waals surface area (Å²) in [4.78, 5) is 14.9. The first-order valence-corrected chi connectivity index (χ1v) is 8.13. The van der Waals surface area contributed by atoms with Crippen molar-refractivity contribution in [3.8, 4) is 11.5 Å². The standard InChI is InChI=1S/C16H22BrNO3/c1-18(13-7-5-4-6-12(13)17)16(19)11-8-9-14(20-2)15(10-11)21-3/h8-10,12-13H,4-7H2,1-3H3. The fraction of sp³-hybridized carbons (Fsp3) is 0.562. The zero-order valence-electron chi connectivity index (χ0n) is 12.8. The molecule has 1 aliphatic rings. The molecule has 0 saturated heterocycles. The highest BCUT2D eigenvalue weighted by atomic mass is 79.9. The third kappa shape index (κ3) is 3.51. The van der Waals surface area contributed by atoms with Crippen LogP contribution in [-0.4, -0.2) is 42.9 Å². The summed E-state index contributed by atoms with van der Waals surface area (Å²) in [5.74, 6) is 1.23. The molecule has 1 fully saturated rings. The van der Waals surface area contributed by atoms with Crippen molar-refractivity contribution in [2.75, 3.05) is 21.3 Å². The van der Waals surface area contributed by atoms with Gasteiger partial charge in [-0.25, -0.2) is 0 Å². The number of hydrogen-bond acceptors (Lipinski definition) is 3. The van der Waals surface area contributed by atoms with Crippen LogP contribution in [0.3, 0.4) is 0 Å². The van der Waals surface area contributed by atoms with E-state index in [1.165, 1.54) is 12.8 Å². The van der Waals surface area contributed by atoms with Crippen LogP contribution < -0.4 is 9.47 Å². The van der Waals surface area contributed by atoms with Crippen LogP contribution in [0.15, 0.2) is 18.2 Å². The second-order valence-corrected chi connectivity index (χ2v) is 6.53. The third-order valence-corrected chi connectivity index (χ3v) is 5.16. The van der Waals surface area contributed by atoms with Gasteiger partial charge in [0, 0.05) is 23.5 Å². The number of amides is 1. The molecule has 1 saturated carbocycles. The minimum atomic E-state index is 0.0207. The van der Waals surface area contributed by atoms with Crippen molar-refractivity contribution in [3.05, 3.63) is 23.8 Å². The van der Waals surface area contributed by atoms with Crippen LogP contribution in [0, 0.1) is 0 Å². The van der Waals surface area contributed by atoms with Crippen molar-refractivity contribution in [2.24, 2.45) is 0 Å². The Hall–Kier alpha value is -1.23. The maximum absolute atomic E-state index is 12.7. The van der Waals surface area contributed by atoms with Gasteiger partial charge in [-0.15, -0.1) is 0 Å². The summed E-state index contributed by atoms with van der Waals surface area (Å²) >= 11 is 3.71. The van der Waals surface area contributed by atoms with E-state index in [0.717, 1.165) is 12.8 Å². The van der Waals surface area contributed by atoms with Crippen LogP contribution in [-0.2, 0) is 0 Å². The van der Waals surface area contributed by atoms with Gasteiger partial charge in [-0.05, 0) is 31.0 Å². The maximum Gasteiger partial charge on any atom is 0.254 e. The van der Waals surface area contributed by atoms with Crippen molar-refractivity contribution in [1.29, 1.82) is 0 Å². The number of halogens is 1. The number of benzene rings is 1. The number of carbonyl (C=O) groups is 1. The number of rotatable bonds is 4. The molecule has 2 atom stereocenters. The summed E-state index contributed by atoms with van der Waals surface area (Å²) in [6, 6.07) is 5.54. The van der Waals surface area contributed by atoms with Crippen LogP contribution in [0.5, 0.6) is 11.5 Å². The molecule has 5 heteroatoms. The molecule has 1 aromatic rings. The summed E-state index contributed by atoms with van der Waals surface area (Å²) in [7, 11) is 5.04. The predicted octanol–water partition coefficient (Wildman–Crippen LogP) is 3.48. The molecular formula is C16H22BrNO3. The van der Waals surface area contributed by atoms with Crippen LogP contribution in [0.2, 0.25) is 0 Å². The summed E-state index contributed by atoms with van der Waals surface area (Å²) in [6.07, 6.45) is 4.57. The van der Waals surface area contributed by atoms with Crippen molar-refractivity contribution in [1.82, 2.24) is 4.90 Å². The second-order valence-electron chi connectivity index (χ2n) is 5.35. The van der Waals surface area contributed by atoms with Crippen molar-refractivity contribution >= 4 is 21.8 Å². The average Bonchev–Trinajstić information content (AvgIpc) is 2.53. The van der Waals surface area contributed by atoms with E-state index in [2.05, 4.69) is 15.9 Å². The molecule has 2 rings (SSSR count). The molecule has 21 heavy (non-hydrogen) atoms. The Kier molecular flexibility index (Phi) is 5.51. The van der Waals surface area contributed by atoms with Gasteiger partial charge < -0.3 is 14.4 Å². The highest BCUT2D eigenvalue weighted by Gasteiger charge is 2.29. The number of carbonyl (C=O) groups excluding carboxylic acids is 1. The lowest BCUT2D eigenvalue weighted by Crippen LogP contribution is -2.44. The minimum absolute atomic E-state index is 0.0207. The summed E-state index contributed by atoms with van der Waals surface area (Å²) in [5, 5.41) is 0. The van der Waals surface area contributed by atoms with E-state index < -0.39 is 0 Å². The molecule has 0 radical (unpaired) electrons. The Balaban J connectivity index is 2.18. The summed E-state index contributed by atoms with van der Waals surface area (Å²) in [5.41, 5.74) is 0.625. The van der Waals surface area contributed by atoms with Gasteiger partial charge in [0.15, 0.2) is 11.5 Å². The van der Waals surface area contributed by atoms with Crippen LogP contribution in [0.25, 0.3) is 0 Å². The maximum atomic E-state index is 12.7. The zero-order valence-corrected chi connectivity index (χ0v) is 14.4. The van der Waals surface area contributed by atoms with E-state index in [4.69, 9.17) is 9.47 Å². The summed E-state index contributed by atoms with van der Waals surface area (Å²) < 4.78 is 10.5. The van der Waals surface area contributed by atoms with E-state index >= 15 is 0 Å². The molecule has 1 aromatic carbocycles. The highest BCUT2D eigenvalue weighted by molar-refractivity contribution is 9.09. The molecule has 1 aliphatic carbocycles. The number of ether oxygens (including phenoxy) is 2. The van der Waals surface area contributed by atoms with E-state index in [0.29, 0.717) is 21.9 Å². The first kappa shape index (κ1) is 16.1. The first-order chi connectivity index (χ1) is 10.1. The van der Waals surface area contributed by atoms with Gasteiger partial charge in [-0.3, -0.25) is 4.79 Å². The topological polar surface area (TPSA) is 38.8 Å². The van der Waals surface area contributed by atoms with Gasteiger partial charge in [0.25, 0.3) is 5.91 Å². The van der Waals surface area contributed by atoms with Crippen LogP contribution in [0.4, 0.5) is 0 Å². The Labute approximate surface area is 134 Å². The van der Waals surface area contributed by atoms with Crippen LogP contribution in [0.1, 0.15) is 36.0 Å². The lowest BCUT2D eigenvalue weighted by atomic mass is 9.94. The zero-order chi connectivity index (χ0) is 15.4. The van der Waals surface area contributed by atoms with Crippen molar-refractivity contribution < 1.29 is 14.3 Å². The fourth-order valence-electron chi connectivity index (χ4n) is 2.83. The smallest absolute Gasteiger partial charge is 0.254 e. The van der Waals surface area contributed by atoms with Gasteiger partial charge in [0.2, 0.25) is 0 Å². The van der Waals surface area contributed by atoms with E-state index in [-0.39, 0.29) is 11.9 Å². The molecule has 4 nitrogen and oxygen atoms in total. The monoisotopic (exact) mass is 355 g/mol. The largest absolute Gasteiger partial charge is 0.493 e. The molecule has 116 valence electrons. The molecule has 0 spiro atoms. The Bertz CT molecular complexity index is 506. The Morgan fingerprint density at radius 3 is 2.48 bits per heavy atom. The lowest BCUT2D eigenvalue weighted by Gasteiger charge is -2.35. The van der Waals surface area contributed by atoms with Gasteiger partial charge in [0.1, 0.15) is 0 Å². The van der Waals surface area contributed by atoms with Gasteiger partial charge in [-0.2, -0.15) is 0 Å². The third-order valence-electron chi connectivity index (χ3n) is 4.10. The Morgan fingerprint density at radius 1 is 1.19 bits per heavy atom.